The first-order chi connectivity index (χ1) is 12.0. The Morgan fingerprint density at radius 1 is 1.20 bits per heavy atom. The van der Waals surface area contributed by atoms with Gasteiger partial charge in [0.2, 0.25) is 5.91 Å². The number of nitrogens with zero attached hydrogens (tertiary/aromatic N) is 3. The second-order valence-electron chi connectivity index (χ2n) is 5.42. The number of hydrogen-bond donors (Lipinski definition) is 2. The standard InChI is InChI=1S/C16H17N5O2S2/c1-10-7-11(2)21(20-10)8-14(22)18-19-15(23)9-24-16-17-12-5-3-4-6-13(12)25-16/h3-7H,8-9H2,1-2H3,(H,18,22)(H,19,23). The SMILES string of the molecule is Cc1cc(C)n(CC(=O)NNC(=O)CSc2nc3ccccc3s2)n1. The van der Waals surface area contributed by atoms with Crippen LogP contribution in [-0.4, -0.2) is 32.3 Å². The molecule has 0 aliphatic heterocycles. The Morgan fingerprint density at radius 2 is 1.96 bits per heavy atom. The first-order valence-corrected chi connectivity index (χ1v) is 9.38. The number of amides is 2. The molecule has 7 nitrogen and oxygen atoms in total. The van der Waals surface area contributed by atoms with Gasteiger partial charge in [0.25, 0.3) is 5.91 Å². The van der Waals surface area contributed by atoms with Crippen molar-refractivity contribution in [2.75, 3.05) is 5.75 Å². The Bertz CT molecular complexity index is 885. The van der Waals surface area contributed by atoms with Crippen molar-refractivity contribution in [3.8, 4) is 0 Å². The Balaban J connectivity index is 1.44. The van der Waals surface area contributed by atoms with Crippen molar-refractivity contribution in [2.24, 2.45) is 0 Å². The molecule has 2 amide bonds. The summed E-state index contributed by atoms with van der Waals surface area (Å²) in [5.74, 6) is -0.435. The van der Waals surface area contributed by atoms with Gasteiger partial charge in [-0.15, -0.1) is 11.3 Å². The number of thioether (sulfide) groups is 1. The number of hydrazine groups is 1. The van der Waals surface area contributed by atoms with Crippen LogP contribution in [0.15, 0.2) is 34.7 Å². The zero-order chi connectivity index (χ0) is 17.8. The summed E-state index contributed by atoms with van der Waals surface area (Å²) in [5, 5.41) is 4.21. The van der Waals surface area contributed by atoms with E-state index in [0.29, 0.717) is 0 Å². The highest BCUT2D eigenvalue weighted by Crippen LogP contribution is 2.28. The van der Waals surface area contributed by atoms with Crippen molar-refractivity contribution in [1.29, 1.82) is 0 Å². The first kappa shape index (κ1) is 17.4. The predicted octanol–water partition coefficient (Wildman–Crippen LogP) is 2.05. The van der Waals surface area contributed by atoms with Crippen molar-refractivity contribution in [3.05, 3.63) is 41.7 Å². The van der Waals surface area contributed by atoms with E-state index in [4.69, 9.17) is 0 Å². The summed E-state index contributed by atoms with van der Waals surface area (Å²) in [6.07, 6.45) is 0. The van der Waals surface area contributed by atoms with Crippen LogP contribution < -0.4 is 10.9 Å². The van der Waals surface area contributed by atoms with Gasteiger partial charge < -0.3 is 0 Å². The monoisotopic (exact) mass is 375 g/mol. The van der Waals surface area contributed by atoms with E-state index in [9.17, 15) is 9.59 Å². The van der Waals surface area contributed by atoms with Gasteiger partial charge in [-0.3, -0.25) is 25.1 Å². The molecule has 0 unspecified atom stereocenters. The second-order valence-corrected chi connectivity index (χ2v) is 7.67. The quantitative estimate of drug-likeness (QED) is 0.526. The van der Waals surface area contributed by atoms with E-state index in [1.54, 1.807) is 16.0 Å². The number of nitrogens with one attached hydrogen (secondary N) is 2. The number of carbonyl (C=O) groups excluding carboxylic acids is 2. The smallest absolute Gasteiger partial charge is 0.260 e. The lowest BCUT2D eigenvalue weighted by Crippen LogP contribution is -2.44. The molecule has 0 spiro atoms. The molecule has 0 saturated carbocycles. The second kappa shape index (κ2) is 7.66. The zero-order valence-corrected chi connectivity index (χ0v) is 15.4. The zero-order valence-electron chi connectivity index (χ0n) is 13.8. The number of aromatic nitrogens is 3. The topological polar surface area (TPSA) is 88.9 Å². The summed E-state index contributed by atoms with van der Waals surface area (Å²) in [6, 6.07) is 9.72. The summed E-state index contributed by atoms with van der Waals surface area (Å²) >= 11 is 2.88. The van der Waals surface area contributed by atoms with E-state index >= 15 is 0 Å². The van der Waals surface area contributed by atoms with E-state index < -0.39 is 0 Å². The molecule has 130 valence electrons. The number of benzene rings is 1. The van der Waals surface area contributed by atoms with Crippen LogP contribution in [0, 0.1) is 13.8 Å². The van der Waals surface area contributed by atoms with Gasteiger partial charge in [-0.25, -0.2) is 4.98 Å². The van der Waals surface area contributed by atoms with Crippen LogP contribution in [0.25, 0.3) is 10.2 Å². The molecule has 25 heavy (non-hydrogen) atoms. The van der Waals surface area contributed by atoms with E-state index in [1.807, 2.05) is 44.2 Å². The number of rotatable bonds is 5. The van der Waals surface area contributed by atoms with E-state index in [0.717, 1.165) is 25.9 Å². The first-order valence-electron chi connectivity index (χ1n) is 7.58. The lowest BCUT2D eigenvalue weighted by Gasteiger charge is -2.07. The largest absolute Gasteiger partial charge is 0.272 e. The molecule has 0 aliphatic carbocycles. The average molecular weight is 375 g/mol. The molecule has 0 fully saturated rings. The fourth-order valence-corrected chi connectivity index (χ4v) is 4.09. The van der Waals surface area contributed by atoms with Gasteiger partial charge in [-0.2, -0.15) is 5.10 Å². The minimum atomic E-state index is -0.329. The van der Waals surface area contributed by atoms with Crippen molar-refractivity contribution in [1.82, 2.24) is 25.6 Å². The van der Waals surface area contributed by atoms with Gasteiger partial charge in [0.05, 0.1) is 21.7 Å². The van der Waals surface area contributed by atoms with Crippen LogP contribution in [0.1, 0.15) is 11.4 Å². The van der Waals surface area contributed by atoms with Gasteiger partial charge in [-0.05, 0) is 32.0 Å². The maximum Gasteiger partial charge on any atom is 0.260 e. The van der Waals surface area contributed by atoms with Gasteiger partial charge in [0.15, 0.2) is 4.34 Å². The minimum absolute atomic E-state index is 0.0605. The van der Waals surface area contributed by atoms with Crippen molar-refractivity contribution in [3.63, 3.8) is 0 Å². The molecule has 2 aromatic heterocycles. The van der Waals surface area contributed by atoms with Crippen molar-refractivity contribution in [2.45, 2.75) is 24.7 Å². The van der Waals surface area contributed by atoms with Crippen molar-refractivity contribution < 1.29 is 9.59 Å². The lowest BCUT2D eigenvalue weighted by atomic mass is 10.3. The molecule has 1 aromatic carbocycles. The third-order valence-electron chi connectivity index (χ3n) is 3.34. The molecule has 0 aliphatic rings. The van der Waals surface area contributed by atoms with E-state index in [1.165, 1.54) is 11.8 Å². The summed E-state index contributed by atoms with van der Waals surface area (Å²) in [4.78, 5) is 28.2. The summed E-state index contributed by atoms with van der Waals surface area (Å²) in [5.41, 5.74) is 7.48. The number of para-hydroxylation sites is 1. The highest BCUT2D eigenvalue weighted by molar-refractivity contribution is 8.01. The van der Waals surface area contributed by atoms with E-state index in [-0.39, 0.29) is 24.1 Å². The third kappa shape index (κ3) is 4.58. The molecule has 3 aromatic rings. The average Bonchev–Trinajstić information content (AvgIpc) is 3.13. The molecule has 0 radical (unpaired) electrons. The molecule has 2 N–H and O–H groups in total. The molecule has 2 heterocycles. The van der Waals surface area contributed by atoms with Crippen LogP contribution >= 0.6 is 23.1 Å². The van der Waals surface area contributed by atoms with Gasteiger partial charge in [0.1, 0.15) is 6.54 Å². The van der Waals surface area contributed by atoms with Gasteiger partial charge >= 0.3 is 0 Å². The third-order valence-corrected chi connectivity index (χ3v) is 5.52. The summed E-state index contributed by atoms with van der Waals surface area (Å²) in [7, 11) is 0. The Kier molecular flexibility index (Phi) is 5.34. The molecule has 3 rings (SSSR count). The van der Waals surface area contributed by atoms with Gasteiger partial charge in [0, 0.05) is 5.69 Å². The molecule has 0 atom stereocenters. The van der Waals surface area contributed by atoms with Crippen LogP contribution in [0.3, 0.4) is 0 Å². The highest BCUT2D eigenvalue weighted by Gasteiger charge is 2.10. The number of aryl methyl sites for hydroxylation is 2. The molecular weight excluding hydrogens is 358 g/mol. The maximum atomic E-state index is 11.9. The van der Waals surface area contributed by atoms with Crippen molar-refractivity contribution >= 4 is 45.1 Å². The minimum Gasteiger partial charge on any atom is -0.272 e. The highest BCUT2D eigenvalue weighted by atomic mass is 32.2. The molecular formula is C16H17N5O2S2. The summed E-state index contributed by atoms with van der Waals surface area (Å²) < 4.78 is 3.50. The Hall–Kier alpha value is -2.39. The molecule has 0 bridgehead atoms. The van der Waals surface area contributed by atoms with Gasteiger partial charge in [-0.1, -0.05) is 23.9 Å². The summed E-state index contributed by atoms with van der Waals surface area (Å²) in [6.45, 7) is 3.80. The number of hydrogen-bond acceptors (Lipinski definition) is 6. The lowest BCUT2D eigenvalue weighted by molar-refractivity contribution is -0.128. The predicted molar refractivity (Wildman–Crippen MR) is 98.3 cm³/mol. The number of fused-ring (bicyclic) bond motifs is 1. The fraction of sp³-hybridized carbons (Fsp3) is 0.250. The van der Waals surface area contributed by atoms with Crippen LogP contribution in [0.4, 0.5) is 0 Å². The Labute approximate surface area is 152 Å². The Morgan fingerprint density at radius 3 is 2.68 bits per heavy atom. The number of thiazole rings is 1. The maximum absolute atomic E-state index is 11.9. The van der Waals surface area contributed by atoms with Crippen LogP contribution in [-0.2, 0) is 16.1 Å². The van der Waals surface area contributed by atoms with Crippen LogP contribution in [0.2, 0.25) is 0 Å². The molecule has 9 heteroatoms. The van der Waals surface area contributed by atoms with Crippen LogP contribution in [0.5, 0.6) is 0 Å². The van der Waals surface area contributed by atoms with E-state index in [2.05, 4.69) is 20.9 Å². The molecule has 0 saturated heterocycles. The number of carbonyl (C=O) groups is 2. The fourth-order valence-electron chi connectivity index (χ4n) is 2.23. The normalized spacial score (nSPS) is 10.8.